The highest BCUT2D eigenvalue weighted by atomic mass is 16.5. The molecule has 0 fully saturated rings. The lowest BCUT2D eigenvalue weighted by atomic mass is 9.59. The first-order chi connectivity index (χ1) is 12.6. The number of carbonyl (C=O) groups is 1. The van der Waals surface area contributed by atoms with E-state index in [4.69, 9.17) is 9.47 Å². The molecule has 0 aromatic carbocycles. The van der Waals surface area contributed by atoms with Gasteiger partial charge in [0.2, 0.25) is 0 Å². The van der Waals surface area contributed by atoms with Crippen molar-refractivity contribution in [3.05, 3.63) is 35.5 Å². The summed E-state index contributed by atoms with van der Waals surface area (Å²) in [6.45, 7) is 2.53. The van der Waals surface area contributed by atoms with Crippen LogP contribution in [0.4, 0.5) is 0 Å². The Hall–Kier alpha value is -2.37. The summed E-state index contributed by atoms with van der Waals surface area (Å²) in [7, 11) is 0. The van der Waals surface area contributed by atoms with Crippen LogP contribution in [0, 0.1) is 33.5 Å². The molecule has 0 saturated carbocycles. The Balaban J connectivity index is 2.17. The summed E-state index contributed by atoms with van der Waals surface area (Å²) >= 11 is 0. The average molecular weight is 352 g/mol. The fourth-order valence-corrected chi connectivity index (χ4v) is 4.36. The lowest BCUT2D eigenvalue weighted by Crippen LogP contribution is -2.43. The average Bonchev–Trinajstić information content (AvgIpc) is 3.09. The molecule has 3 rings (SSSR count). The molecule has 136 valence electrons. The van der Waals surface area contributed by atoms with Gasteiger partial charge in [0.05, 0.1) is 36.9 Å². The van der Waals surface area contributed by atoms with E-state index in [0.717, 1.165) is 18.4 Å². The van der Waals surface area contributed by atoms with E-state index in [0.29, 0.717) is 37.9 Å². The predicted molar refractivity (Wildman–Crippen MR) is 95.5 cm³/mol. The van der Waals surface area contributed by atoms with Gasteiger partial charge in [0, 0.05) is 0 Å². The van der Waals surface area contributed by atoms with Crippen molar-refractivity contribution in [2.45, 2.75) is 51.6 Å². The van der Waals surface area contributed by atoms with Crippen LogP contribution in [0.3, 0.4) is 0 Å². The Kier molecular flexibility index (Phi) is 5.30. The Bertz CT molecular complexity index is 736. The third kappa shape index (κ3) is 3.08. The SMILES string of the molecule is CCOC(=O)[C@]12CCCC=C1C(C#N)(C#N)CC/C=C\[C@@H]1C=C(CO1)C2. The number of nitrogens with zero attached hydrogens (tertiary/aromatic N) is 2. The standard InChI is InChI=1S/C21H24N2O3/c1-2-25-19(24)21-10-6-4-8-18(21)20(14-22,15-23)9-5-3-7-17-11-16(12-21)13-26-17/h3,7-8,11,17H,2,4-6,9-10,12-13H2,1H3/b7-3-/t17-,21+/m1/s1. The van der Waals surface area contributed by atoms with Crippen LogP contribution < -0.4 is 0 Å². The minimum atomic E-state index is -1.30. The molecule has 0 saturated heterocycles. The maximum Gasteiger partial charge on any atom is 0.316 e. The molecular weight excluding hydrogens is 328 g/mol. The minimum Gasteiger partial charge on any atom is -0.465 e. The molecule has 2 bridgehead atoms. The van der Waals surface area contributed by atoms with Crippen LogP contribution >= 0.6 is 0 Å². The Morgan fingerprint density at radius 3 is 2.88 bits per heavy atom. The van der Waals surface area contributed by atoms with E-state index in [9.17, 15) is 15.3 Å². The van der Waals surface area contributed by atoms with Crippen LogP contribution in [0.15, 0.2) is 35.5 Å². The van der Waals surface area contributed by atoms with Crippen LogP contribution in [0.5, 0.6) is 0 Å². The molecule has 3 aliphatic rings. The Morgan fingerprint density at radius 2 is 2.15 bits per heavy atom. The number of fused-ring (bicyclic) bond motifs is 2. The molecule has 0 spiro atoms. The second-order valence-electron chi connectivity index (χ2n) is 7.19. The zero-order valence-electron chi connectivity index (χ0n) is 15.2. The number of hydrogen-bond donors (Lipinski definition) is 0. The first-order valence-corrected chi connectivity index (χ1v) is 9.29. The van der Waals surface area contributed by atoms with Crippen molar-refractivity contribution < 1.29 is 14.3 Å². The molecule has 0 N–H and O–H groups in total. The molecule has 2 aliphatic carbocycles. The summed E-state index contributed by atoms with van der Waals surface area (Å²) in [6.07, 6.45) is 11.4. The number of nitriles is 2. The highest BCUT2D eigenvalue weighted by Crippen LogP contribution is 2.53. The van der Waals surface area contributed by atoms with Gasteiger partial charge in [0.1, 0.15) is 0 Å². The van der Waals surface area contributed by atoms with Crippen LogP contribution in [-0.2, 0) is 14.3 Å². The summed E-state index contributed by atoms with van der Waals surface area (Å²) in [4.78, 5) is 13.1. The minimum absolute atomic E-state index is 0.100. The zero-order valence-corrected chi connectivity index (χ0v) is 15.2. The molecule has 1 heterocycles. The molecular formula is C21H24N2O3. The summed E-state index contributed by atoms with van der Waals surface area (Å²) in [5.41, 5.74) is -0.581. The Labute approximate surface area is 154 Å². The smallest absolute Gasteiger partial charge is 0.316 e. The van der Waals surface area contributed by atoms with Crippen molar-refractivity contribution in [3.63, 3.8) is 0 Å². The summed E-state index contributed by atoms with van der Waals surface area (Å²) in [5.74, 6) is -0.322. The van der Waals surface area contributed by atoms with Gasteiger partial charge in [-0.15, -0.1) is 0 Å². The van der Waals surface area contributed by atoms with Crippen molar-refractivity contribution in [3.8, 4) is 12.1 Å². The van der Waals surface area contributed by atoms with Crippen LogP contribution in [0.1, 0.15) is 45.4 Å². The lowest BCUT2D eigenvalue weighted by Gasteiger charge is -2.41. The number of carbonyl (C=O) groups excluding carboxylic acids is 1. The van der Waals surface area contributed by atoms with E-state index in [1.165, 1.54) is 0 Å². The number of esters is 1. The monoisotopic (exact) mass is 352 g/mol. The van der Waals surface area contributed by atoms with Gasteiger partial charge in [-0.05, 0) is 56.6 Å². The van der Waals surface area contributed by atoms with E-state index >= 15 is 0 Å². The quantitative estimate of drug-likeness (QED) is 0.558. The maximum absolute atomic E-state index is 13.1. The molecule has 1 aliphatic heterocycles. The van der Waals surface area contributed by atoms with Gasteiger partial charge in [0.15, 0.2) is 5.41 Å². The van der Waals surface area contributed by atoms with Crippen molar-refractivity contribution >= 4 is 5.97 Å². The molecule has 5 nitrogen and oxygen atoms in total. The van der Waals surface area contributed by atoms with Crippen LogP contribution in [0.2, 0.25) is 0 Å². The molecule has 5 heteroatoms. The maximum atomic E-state index is 13.1. The molecule has 0 unspecified atom stereocenters. The van der Waals surface area contributed by atoms with Crippen LogP contribution in [0.25, 0.3) is 0 Å². The van der Waals surface area contributed by atoms with E-state index in [-0.39, 0.29) is 18.7 Å². The first-order valence-electron chi connectivity index (χ1n) is 9.29. The van der Waals surface area contributed by atoms with Crippen molar-refractivity contribution in [1.29, 1.82) is 10.5 Å². The molecule has 0 aromatic heterocycles. The Morgan fingerprint density at radius 1 is 1.35 bits per heavy atom. The molecule has 26 heavy (non-hydrogen) atoms. The third-order valence-corrected chi connectivity index (χ3v) is 5.58. The van der Waals surface area contributed by atoms with Gasteiger partial charge in [-0.2, -0.15) is 10.5 Å². The highest BCUT2D eigenvalue weighted by molar-refractivity contribution is 5.82. The number of rotatable bonds is 2. The molecule has 0 aromatic rings. The third-order valence-electron chi connectivity index (χ3n) is 5.58. The van der Waals surface area contributed by atoms with Crippen molar-refractivity contribution in [2.75, 3.05) is 13.2 Å². The van der Waals surface area contributed by atoms with Gasteiger partial charge in [-0.25, -0.2) is 0 Å². The van der Waals surface area contributed by atoms with Gasteiger partial charge in [-0.1, -0.05) is 24.3 Å². The summed E-state index contributed by atoms with van der Waals surface area (Å²) in [5, 5.41) is 19.9. The van der Waals surface area contributed by atoms with Gasteiger partial charge < -0.3 is 9.47 Å². The first kappa shape index (κ1) is 18.4. The van der Waals surface area contributed by atoms with E-state index in [1.54, 1.807) is 6.92 Å². The van der Waals surface area contributed by atoms with Gasteiger partial charge in [0.25, 0.3) is 0 Å². The highest BCUT2D eigenvalue weighted by Gasteiger charge is 2.53. The van der Waals surface area contributed by atoms with E-state index in [1.807, 2.05) is 18.2 Å². The van der Waals surface area contributed by atoms with E-state index in [2.05, 4.69) is 18.2 Å². The predicted octanol–water partition coefficient (Wildman–Crippen LogP) is 3.75. The molecule has 2 atom stereocenters. The summed E-state index contributed by atoms with van der Waals surface area (Å²) in [6, 6.07) is 4.49. The topological polar surface area (TPSA) is 83.1 Å². The van der Waals surface area contributed by atoms with Crippen LogP contribution in [-0.4, -0.2) is 25.3 Å². The zero-order chi connectivity index (χ0) is 18.6. The molecule has 0 radical (unpaired) electrons. The van der Waals surface area contributed by atoms with Crippen molar-refractivity contribution in [1.82, 2.24) is 0 Å². The normalized spacial score (nSPS) is 31.1. The van der Waals surface area contributed by atoms with Gasteiger partial charge in [-0.3, -0.25) is 4.79 Å². The fourth-order valence-electron chi connectivity index (χ4n) is 4.36. The fraction of sp³-hybridized carbons (Fsp3) is 0.571. The largest absolute Gasteiger partial charge is 0.465 e. The lowest BCUT2D eigenvalue weighted by molar-refractivity contribution is -0.154. The van der Waals surface area contributed by atoms with E-state index < -0.39 is 10.8 Å². The number of allylic oxidation sites excluding steroid dienone is 2. The second kappa shape index (κ2) is 7.48. The number of ether oxygens (including phenoxy) is 2. The summed E-state index contributed by atoms with van der Waals surface area (Å²) < 4.78 is 11.2. The second-order valence-corrected chi connectivity index (χ2v) is 7.19. The van der Waals surface area contributed by atoms with Gasteiger partial charge >= 0.3 is 5.97 Å². The number of hydrogen-bond acceptors (Lipinski definition) is 5. The van der Waals surface area contributed by atoms with Crippen molar-refractivity contribution in [2.24, 2.45) is 10.8 Å². The molecule has 0 amide bonds.